The molecule has 0 saturated carbocycles. The fourth-order valence-electron chi connectivity index (χ4n) is 6.36. The van der Waals surface area contributed by atoms with Crippen molar-refractivity contribution in [2.24, 2.45) is 0 Å². The molecule has 4 nitrogen and oxygen atoms in total. The van der Waals surface area contributed by atoms with Crippen LogP contribution in [0.1, 0.15) is 194 Å². The first-order valence-corrected chi connectivity index (χ1v) is 21.0. The van der Waals surface area contributed by atoms with Crippen LogP contribution in [0.4, 0.5) is 0 Å². The molecule has 0 aliphatic carbocycles. The Hall–Kier alpha value is -0.680. The highest BCUT2D eigenvalue weighted by Gasteiger charge is 2.22. The van der Waals surface area contributed by atoms with Crippen LogP contribution in [0.5, 0.6) is 0 Å². The number of hydrogen-bond acceptors (Lipinski definition) is 3. The lowest BCUT2D eigenvalue weighted by Gasteiger charge is -2.33. The summed E-state index contributed by atoms with van der Waals surface area (Å²) >= 11 is 0. The van der Waals surface area contributed by atoms with Crippen LogP contribution in [0.3, 0.4) is 0 Å². The van der Waals surface area contributed by atoms with Gasteiger partial charge in [-0.05, 0) is 77.0 Å². The zero-order chi connectivity index (χ0) is 34.4. The molecule has 280 valence electrons. The quantitative estimate of drug-likeness (QED) is 0.0404. The number of quaternary nitrogens is 1. The van der Waals surface area contributed by atoms with Crippen molar-refractivity contribution < 1.29 is 19.1 Å². The van der Waals surface area contributed by atoms with Crippen LogP contribution >= 0.6 is 0 Å². The van der Waals surface area contributed by atoms with Gasteiger partial charge in [0.25, 0.3) is 0 Å². The molecule has 0 spiro atoms. The summed E-state index contributed by atoms with van der Waals surface area (Å²) in [6, 6.07) is 0. The predicted molar refractivity (Wildman–Crippen MR) is 208 cm³/mol. The average molecular weight is 665 g/mol. The Morgan fingerprint density at radius 1 is 0.489 bits per heavy atom. The van der Waals surface area contributed by atoms with Crippen molar-refractivity contribution in [3.05, 3.63) is 24.3 Å². The molecule has 0 aromatic rings. The Bertz CT molecular complexity index is 647. The molecule has 1 atom stereocenters. The van der Waals surface area contributed by atoms with Gasteiger partial charge in [0, 0.05) is 19.8 Å². The Morgan fingerprint density at radius 2 is 0.894 bits per heavy atom. The van der Waals surface area contributed by atoms with Crippen molar-refractivity contribution >= 4 is 0 Å². The second-order valence-electron chi connectivity index (χ2n) is 15.0. The van der Waals surface area contributed by atoms with E-state index in [1.807, 2.05) is 0 Å². The van der Waals surface area contributed by atoms with Crippen molar-refractivity contribution in [3.8, 4) is 0 Å². The van der Waals surface area contributed by atoms with Gasteiger partial charge in [0.05, 0.1) is 27.2 Å². The van der Waals surface area contributed by atoms with Crippen molar-refractivity contribution in [1.29, 1.82) is 0 Å². The Morgan fingerprint density at radius 3 is 1.34 bits per heavy atom. The molecule has 0 aliphatic rings. The molecule has 0 bridgehead atoms. The fourth-order valence-corrected chi connectivity index (χ4v) is 6.36. The van der Waals surface area contributed by atoms with E-state index in [1.54, 1.807) is 0 Å². The van der Waals surface area contributed by atoms with E-state index >= 15 is 0 Å². The molecule has 0 aromatic carbocycles. The van der Waals surface area contributed by atoms with Gasteiger partial charge in [-0.3, -0.25) is 0 Å². The molecule has 0 heterocycles. The second-order valence-corrected chi connectivity index (χ2v) is 15.0. The van der Waals surface area contributed by atoms with Crippen LogP contribution in [0.25, 0.3) is 0 Å². The molecule has 0 rings (SSSR count). The third-order valence-electron chi connectivity index (χ3n) is 9.48. The first kappa shape index (κ1) is 46.3. The number of nitrogens with zero attached hydrogens (tertiary/aromatic N) is 1. The standard InChI is InChI=1S/C43H86NO3/c1-5-7-9-11-13-15-17-19-21-23-25-27-29-31-35-39-46-42-43(41-44(3,4)37-33-34-38-45)47-40-36-32-30-28-26-24-22-20-18-16-14-12-10-8-6-2/h17-20,43,45H,5-16,21-42H2,1-4H3/q+1/b19-17+,20-18+. The van der Waals surface area contributed by atoms with E-state index < -0.39 is 0 Å². The lowest BCUT2D eigenvalue weighted by Crippen LogP contribution is -2.48. The topological polar surface area (TPSA) is 38.7 Å². The van der Waals surface area contributed by atoms with Gasteiger partial charge in [-0.1, -0.05) is 141 Å². The van der Waals surface area contributed by atoms with Crippen LogP contribution in [-0.4, -0.2) is 69.3 Å². The maximum absolute atomic E-state index is 9.21. The molecule has 0 saturated heterocycles. The zero-order valence-corrected chi connectivity index (χ0v) is 32.6. The minimum atomic E-state index is 0.155. The van der Waals surface area contributed by atoms with Gasteiger partial charge in [0.2, 0.25) is 0 Å². The molecule has 0 fully saturated rings. The van der Waals surface area contributed by atoms with E-state index in [-0.39, 0.29) is 12.7 Å². The normalized spacial score (nSPS) is 13.0. The molecular weight excluding hydrogens is 578 g/mol. The molecule has 1 N–H and O–H groups in total. The Kier molecular flexibility index (Phi) is 37.6. The molecule has 0 amide bonds. The summed E-state index contributed by atoms with van der Waals surface area (Å²) < 4.78 is 13.5. The number of likely N-dealkylation sites (N-methyl/N-ethyl adjacent to an activating group) is 1. The third-order valence-corrected chi connectivity index (χ3v) is 9.48. The minimum absolute atomic E-state index is 0.155. The lowest BCUT2D eigenvalue weighted by molar-refractivity contribution is -0.893. The summed E-state index contributed by atoms with van der Waals surface area (Å²) in [5.74, 6) is 0. The van der Waals surface area contributed by atoms with Crippen molar-refractivity contribution in [2.45, 2.75) is 200 Å². The first-order valence-electron chi connectivity index (χ1n) is 21.0. The van der Waals surface area contributed by atoms with Gasteiger partial charge < -0.3 is 19.1 Å². The van der Waals surface area contributed by atoms with Crippen LogP contribution in [0, 0.1) is 0 Å². The number of allylic oxidation sites excluding steroid dienone is 4. The summed E-state index contributed by atoms with van der Waals surface area (Å²) in [6.45, 7) is 9.31. The second kappa shape index (κ2) is 38.1. The summed E-state index contributed by atoms with van der Waals surface area (Å²) in [5.41, 5.74) is 0. The third kappa shape index (κ3) is 38.0. The molecule has 47 heavy (non-hydrogen) atoms. The van der Waals surface area contributed by atoms with E-state index in [4.69, 9.17) is 9.47 Å². The smallest absolute Gasteiger partial charge is 0.130 e. The highest BCUT2D eigenvalue weighted by Crippen LogP contribution is 2.13. The van der Waals surface area contributed by atoms with Crippen molar-refractivity contribution in [2.75, 3.05) is 53.6 Å². The van der Waals surface area contributed by atoms with Gasteiger partial charge >= 0.3 is 0 Å². The monoisotopic (exact) mass is 665 g/mol. The summed E-state index contributed by atoms with van der Waals surface area (Å²) in [6.07, 6.45) is 46.2. The molecule has 1 unspecified atom stereocenters. The number of aliphatic hydroxyl groups is 1. The van der Waals surface area contributed by atoms with Gasteiger partial charge in [0.1, 0.15) is 12.6 Å². The Labute approximate surface area is 296 Å². The first-order chi connectivity index (χ1) is 23.1. The van der Waals surface area contributed by atoms with E-state index in [9.17, 15) is 5.11 Å². The lowest BCUT2D eigenvalue weighted by atomic mass is 10.1. The molecule has 4 heteroatoms. The van der Waals surface area contributed by atoms with Crippen LogP contribution in [0.2, 0.25) is 0 Å². The number of ether oxygens (including phenoxy) is 2. The molecular formula is C43H86NO3+. The van der Waals surface area contributed by atoms with Crippen LogP contribution < -0.4 is 0 Å². The minimum Gasteiger partial charge on any atom is -0.396 e. The van der Waals surface area contributed by atoms with E-state index in [0.29, 0.717) is 6.61 Å². The largest absolute Gasteiger partial charge is 0.396 e. The van der Waals surface area contributed by atoms with Crippen molar-refractivity contribution in [1.82, 2.24) is 0 Å². The SMILES string of the molecule is CCCCCCC/C=C/CCCCCCCCOCC(C[N+](C)(C)CCCCO)OCCCCCCCC/C=C/CCCCCCC. The molecule has 0 aliphatic heterocycles. The maximum atomic E-state index is 9.21. The number of aliphatic hydroxyl groups excluding tert-OH is 1. The number of unbranched alkanes of at least 4 members (excludes halogenated alkanes) is 23. The maximum Gasteiger partial charge on any atom is 0.130 e. The average Bonchev–Trinajstić information content (AvgIpc) is 3.05. The molecule has 0 aromatic heterocycles. The summed E-state index contributed by atoms with van der Waals surface area (Å²) in [5, 5.41) is 9.21. The zero-order valence-electron chi connectivity index (χ0n) is 32.6. The Balaban J connectivity index is 3.97. The number of rotatable bonds is 39. The van der Waals surface area contributed by atoms with Gasteiger partial charge in [-0.2, -0.15) is 0 Å². The van der Waals surface area contributed by atoms with E-state index in [2.05, 4.69) is 52.2 Å². The van der Waals surface area contributed by atoms with Crippen LogP contribution in [0.15, 0.2) is 24.3 Å². The fraction of sp³-hybridized carbons (Fsp3) is 0.907. The summed E-state index contributed by atoms with van der Waals surface area (Å²) in [7, 11) is 4.59. The predicted octanol–water partition coefficient (Wildman–Crippen LogP) is 12.5. The molecule has 0 radical (unpaired) electrons. The highest BCUT2D eigenvalue weighted by atomic mass is 16.5. The van der Waals surface area contributed by atoms with Crippen molar-refractivity contribution in [3.63, 3.8) is 0 Å². The highest BCUT2D eigenvalue weighted by molar-refractivity contribution is 4.82. The number of hydrogen-bond donors (Lipinski definition) is 1. The summed E-state index contributed by atoms with van der Waals surface area (Å²) in [4.78, 5) is 0. The van der Waals surface area contributed by atoms with Gasteiger partial charge in [-0.15, -0.1) is 0 Å². The van der Waals surface area contributed by atoms with Gasteiger partial charge in [0.15, 0.2) is 0 Å². The van der Waals surface area contributed by atoms with E-state index in [1.165, 1.54) is 154 Å². The van der Waals surface area contributed by atoms with E-state index in [0.717, 1.165) is 56.5 Å². The van der Waals surface area contributed by atoms with Gasteiger partial charge in [-0.25, -0.2) is 0 Å². The van der Waals surface area contributed by atoms with Crippen LogP contribution in [-0.2, 0) is 9.47 Å².